The summed E-state index contributed by atoms with van der Waals surface area (Å²) in [6.07, 6.45) is 5.31. The maximum Gasteiger partial charge on any atom is 0.122 e. The van der Waals surface area contributed by atoms with Gasteiger partial charge in [0.15, 0.2) is 0 Å². The molecule has 1 aromatic carbocycles. The zero-order valence-corrected chi connectivity index (χ0v) is 8.86. The zero-order chi connectivity index (χ0) is 10.7. The van der Waals surface area contributed by atoms with Crippen LogP contribution in [0.2, 0.25) is 0 Å². The van der Waals surface area contributed by atoms with Gasteiger partial charge in [-0.3, -0.25) is 0 Å². The van der Waals surface area contributed by atoms with Crippen molar-refractivity contribution in [3.8, 4) is 18.1 Å². The Morgan fingerprint density at radius 3 is 3.20 bits per heavy atom. The third-order valence-corrected chi connectivity index (χ3v) is 2.72. The predicted molar refractivity (Wildman–Crippen MR) is 61.0 cm³/mol. The molecule has 0 aromatic heterocycles. The molecule has 1 N–H and O–H groups in total. The molecule has 2 rings (SSSR count). The van der Waals surface area contributed by atoms with E-state index in [1.54, 1.807) is 0 Å². The van der Waals surface area contributed by atoms with Crippen molar-refractivity contribution in [2.45, 2.75) is 18.9 Å². The van der Waals surface area contributed by atoms with Crippen molar-refractivity contribution >= 4 is 0 Å². The molecule has 15 heavy (non-hydrogen) atoms. The number of fused-ring (bicyclic) bond motifs is 1. The van der Waals surface area contributed by atoms with Crippen LogP contribution in [0, 0.1) is 12.3 Å². The van der Waals surface area contributed by atoms with Gasteiger partial charge in [-0.1, -0.05) is 24.1 Å². The highest BCUT2D eigenvalue weighted by atomic mass is 16.5. The Labute approximate surface area is 90.6 Å². The molecule has 2 nitrogen and oxygen atoms in total. The highest BCUT2D eigenvalue weighted by Crippen LogP contribution is 2.32. The fourth-order valence-electron chi connectivity index (χ4n) is 1.78. The van der Waals surface area contributed by atoms with Gasteiger partial charge in [0.25, 0.3) is 0 Å². The van der Waals surface area contributed by atoms with Gasteiger partial charge in [0.05, 0.1) is 12.6 Å². The fourth-order valence-corrected chi connectivity index (χ4v) is 1.78. The van der Waals surface area contributed by atoms with Crippen molar-refractivity contribution in [1.29, 1.82) is 0 Å². The Morgan fingerprint density at radius 1 is 1.60 bits per heavy atom. The van der Waals surface area contributed by atoms with Crippen LogP contribution in [0.3, 0.4) is 0 Å². The van der Waals surface area contributed by atoms with Gasteiger partial charge in [-0.25, -0.2) is 0 Å². The van der Waals surface area contributed by atoms with Crippen molar-refractivity contribution < 1.29 is 4.74 Å². The van der Waals surface area contributed by atoms with E-state index < -0.39 is 0 Å². The SMILES string of the molecule is C#CC(C)NCC1COc2ccccc21. The van der Waals surface area contributed by atoms with Crippen LogP contribution in [0.4, 0.5) is 0 Å². The molecule has 1 aromatic rings. The monoisotopic (exact) mass is 201 g/mol. The Kier molecular flexibility index (Phi) is 2.94. The van der Waals surface area contributed by atoms with Crippen molar-refractivity contribution in [1.82, 2.24) is 5.32 Å². The van der Waals surface area contributed by atoms with E-state index >= 15 is 0 Å². The topological polar surface area (TPSA) is 21.3 Å². The van der Waals surface area contributed by atoms with Gasteiger partial charge >= 0.3 is 0 Å². The van der Waals surface area contributed by atoms with Crippen LogP contribution >= 0.6 is 0 Å². The first-order valence-corrected chi connectivity index (χ1v) is 5.22. The minimum atomic E-state index is 0.123. The molecule has 1 aliphatic rings. The number of nitrogens with one attached hydrogen (secondary N) is 1. The minimum absolute atomic E-state index is 0.123. The third kappa shape index (κ3) is 2.14. The smallest absolute Gasteiger partial charge is 0.122 e. The lowest BCUT2D eigenvalue weighted by atomic mass is 10.0. The predicted octanol–water partition coefficient (Wildman–Crippen LogP) is 1.77. The quantitative estimate of drug-likeness (QED) is 0.753. The molecule has 0 saturated heterocycles. The van der Waals surface area contributed by atoms with Gasteiger partial charge in [-0.2, -0.15) is 0 Å². The van der Waals surface area contributed by atoms with E-state index in [0.29, 0.717) is 5.92 Å². The molecule has 0 fully saturated rings. The summed E-state index contributed by atoms with van der Waals surface area (Å²) in [4.78, 5) is 0. The largest absolute Gasteiger partial charge is 0.493 e. The molecule has 1 aliphatic heterocycles. The maximum absolute atomic E-state index is 5.59. The molecule has 2 unspecified atom stereocenters. The minimum Gasteiger partial charge on any atom is -0.493 e. The van der Waals surface area contributed by atoms with E-state index in [1.165, 1.54) is 5.56 Å². The average Bonchev–Trinajstić information content (AvgIpc) is 2.69. The normalized spacial score (nSPS) is 20.1. The summed E-state index contributed by atoms with van der Waals surface area (Å²) in [5, 5.41) is 3.30. The summed E-state index contributed by atoms with van der Waals surface area (Å²) in [6.45, 7) is 3.62. The molecule has 0 bridgehead atoms. The molecule has 0 amide bonds. The number of para-hydroxylation sites is 1. The Morgan fingerprint density at radius 2 is 2.40 bits per heavy atom. The number of ether oxygens (including phenoxy) is 1. The number of rotatable bonds is 3. The first-order valence-electron chi connectivity index (χ1n) is 5.22. The van der Waals surface area contributed by atoms with E-state index in [2.05, 4.69) is 17.3 Å². The van der Waals surface area contributed by atoms with E-state index in [0.717, 1.165) is 18.9 Å². The maximum atomic E-state index is 5.59. The molecule has 78 valence electrons. The van der Waals surface area contributed by atoms with Crippen molar-refractivity contribution in [2.24, 2.45) is 0 Å². The standard InChI is InChI=1S/C13H15NO/c1-3-10(2)14-8-11-9-15-13-7-5-4-6-12(11)13/h1,4-7,10-11,14H,8-9H2,2H3. The summed E-state index contributed by atoms with van der Waals surface area (Å²) in [5.74, 6) is 4.10. The summed E-state index contributed by atoms with van der Waals surface area (Å²) in [6, 6.07) is 8.30. The molecule has 0 radical (unpaired) electrons. The third-order valence-electron chi connectivity index (χ3n) is 2.72. The van der Waals surface area contributed by atoms with Crippen LogP contribution in [0.1, 0.15) is 18.4 Å². The van der Waals surface area contributed by atoms with Crippen LogP contribution < -0.4 is 10.1 Å². The fraction of sp³-hybridized carbons (Fsp3) is 0.385. The summed E-state index contributed by atoms with van der Waals surface area (Å²) >= 11 is 0. The van der Waals surface area contributed by atoms with Gasteiger partial charge in [-0.15, -0.1) is 6.42 Å². The van der Waals surface area contributed by atoms with Gasteiger partial charge < -0.3 is 10.1 Å². The van der Waals surface area contributed by atoms with Gasteiger partial charge in [-0.05, 0) is 13.0 Å². The van der Waals surface area contributed by atoms with Gasteiger partial charge in [0.2, 0.25) is 0 Å². The highest BCUT2D eigenvalue weighted by Gasteiger charge is 2.23. The van der Waals surface area contributed by atoms with Gasteiger partial charge in [0, 0.05) is 18.0 Å². The molecule has 1 heterocycles. The molecule has 0 spiro atoms. The van der Waals surface area contributed by atoms with Crippen LogP contribution in [0.5, 0.6) is 5.75 Å². The zero-order valence-electron chi connectivity index (χ0n) is 8.86. The average molecular weight is 201 g/mol. The van der Waals surface area contributed by atoms with E-state index in [1.807, 2.05) is 25.1 Å². The van der Waals surface area contributed by atoms with E-state index in [-0.39, 0.29) is 6.04 Å². The summed E-state index contributed by atoms with van der Waals surface area (Å²) in [5.41, 5.74) is 1.29. The molecule has 0 aliphatic carbocycles. The highest BCUT2D eigenvalue weighted by molar-refractivity contribution is 5.39. The van der Waals surface area contributed by atoms with Crippen molar-refractivity contribution in [2.75, 3.05) is 13.2 Å². The number of hydrogen-bond donors (Lipinski definition) is 1. The lowest BCUT2D eigenvalue weighted by Crippen LogP contribution is -2.29. The van der Waals surface area contributed by atoms with Gasteiger partial charge in [0.1, 0.15) is 5.75 Å². The lowest BCUT2D eigenvalue weighted by Gasteiger charge is -2.12. The molecule has 2 heteroatoms. The van der Waals surface area contributed by atoms with Crippen LogP contribution in [-0.4, -0.2) is 19.2 Å². The molecule has 2 atom stereocenters. The molecular formula is C13H15NO. The van der Waals surface area contributed by atoms with Crippen molar-refractivity contribution in [3.63, 3.8) is 0 Å². The number of benzene rings is 1. The van der Waals surface area contributed by atoms with Crippen molar-refractivity contribution in [3.05, 3.63) is 29.8 Å². The number of hydrogen-bond acceptors (Lipinski definition) is 2. The first-order chi connectivity index (χ1) is 7.31. The molecule has 0 saturated carbocycles. The second-order valence-corrected chi connectivity index (χ2v) is 3.84. The van der Waals surface area contributed by atoms with Crippen LogP contribution in [0.25, 0.3) is 0 Å². The Balaban J connectivity index is 2.00. The molecular weight excluding hydrogens is 186 g/mol. The Hall–Kier alpha value is -1.46. The van der Waals surface area contributed by atoms with E-state index in [9.17, 15) is 0 Å². The first kappa shape index (κ1) is 10.1. The summed E-state index contributed by atoms with van der Waals surface area (Å²) < 4.78 is 5.59. The number of terminal acetylenes is 1. The Bertz CT molecular complexity index is 380. The second kappa shape index (κ2) is 4.37. The lowest BCUT2D eigenvalue weighted by molar-refractivity contribution is 0.325. The van der Waals surface area contributed by atoms with E-state index in [4.69, 9.17) is 11.2 Å². The summed E-state index contributed by atoms with van der Waals surface area (Å²) in [7, 11) is 0. The second-order valence-electron chi connectivity index (χ2n) is 3.84. The van der Waals surface area contributed by atoms with Crippen LogP contribution in [0.15, 0.2) is 24.3 Å². The van der Waals surface area contributed by atoms with Crippen LogP contribution in [-0.2, 0) is 0 Å².